The molecule has 4 rings (SSSR count). The molecule has 2 aromatic heterocycles. The van der Waals surface area contributed by atoms with Crippen LogP contribution in [0.5, 0.6) is 0 Å². The molecule has 3 heteroatoms. The molecule has 20 heavy (non-hydrogen) atoms. The van der Waals surface area contributed by atoms with Crippen LogP contribution in [0.2, 0.25) is 0 Å². The number of nitrogens with zero attached hydrogens (tertiary/aromatic N) is 2. The van der Waals surface area contributed by atoms with E-state index in [0.29, 0.717) is 0 Å². The Bertz CT molecular complexity index is 919. The molecular weight excluding hydrogens is 264 g/mol. The second-order valence-electron chi connectivity index (χ2n) is 4.77. The van der Waals surface area contributed by atoms with Crippen LogP contribution >= 0.6 is 11.3 Å². The molecule has 0 saturated heterocycles. The molecule has 0 aliphatic rings. The topological polar surface area (TPSA) is 25.8 Å². The molecule has 0 N–H and O–H groups in total. The maximum Gasteiger partial charge on any atom is 0.108 e. The molecule has 0 unspecified atom stereocenters. The Morgan fingerprint density at radius 2 is 1.60 bits per heavy atom. The van der Waals surface area contributed by atoms with Crippen molar-refractivity contribution in [2.24, 2.45) is 0 Å². The zero-order valence-corrected chi connectivity index (χ0v) is 11.8. The predicted octanol–water partition coefficient (Wildman–Crippen LogP) is 4.82. The van der Waals surface area contributed by atoms with Crippen LogP contribution in [0.1, 0.15) is 4.88 Å². The van der Waals surface area contributed by atoms with Gasteiger partial charge in [-0.05, 0) is 17.7 Å². The largest absolute Gasteiger partial charge is 0.252 e. The third-order valence-corrected chi connectivity index (χ3v) is 4.65. The molecule has 0 saturated carbocycles. The number of hydrogen-bond donors (Lipinski definition) is 0. The minimum Gasteiger partial charge on any atom is -0.252 e. The van der Waals surface area contributed by atoms with Gasteiger partial charge in [0.15, 0.2) is 0 Å². The van der Waals surface area contributed by atoms with Crippen LogP contribution in [0.15, 0.2) is 54.9 Å². The van der Waals surface area contributed by atoms with Crippen molar-refractivity contribution in [1.82, 2.24) is 9.97 Å². The standard InChI is InChI=1S/C17H12N2S/c1-11-15-16(19-10-9-18-15)17(20-11)14-8-4-6-12-5-2-3-7-13(12)14/h2-10H,1H3. The van der Waals surface area contributed by atoms with Gasteiger partial charge in [0.1, 0.15) is 11.0 Å². The molecule has 0 bridgehead atoms. The van der Waals surface area contributed by atoms with Crippen molar-refractivity contribution in [3.05, 3.63) is 59.7 Å². The average molecular weight is 276 g/mol. The Labute approximate surface area is 120 Å². The molecule has 96 valence electrons. The number of thiophene rings is 1. The van der Waals surface area contributed by atoms with Gasteiger partial charge in [-0.25, -0.2) is 0 Å². The number of aromatic nitrogens is 2. The second kappa shape index (κ2) is 4.39. The summed E-state index contributed by atoms with van der Waals surface area (Å²) in [5.74, 6) is 0. The van der Waals surface area contributed by atoms with Crippen molar-refractivity contribution < 1.29 is 0 Å². The molecule has 0 aliphatic heterocycles. The quantitative estimate of drug-likeness (QED) is 0.498. The normalized spacial score (nSPS) is 11.2. The average Bonchev–Trinajstić information content (AvgIpc) is 2.84. The van der Waals surface area contributed by atoms with E-state index in [-0.39, 0.29) is 0 Å². The number of hydrogen-bond acceptors (Lipinski definition) is 3. The lowest BCUT2D eigenvalue weighted by Crippen LogP contribution is -1.82. The summed E-state index contributed by atoms with van der Waals surface area (Å²) in [5.41, 5.74) is 3.26. The maximum absolute atomic E-state index is 4.53. The molecule has 0 atom stereocenters. The smallest absolute Gasteiger partial charge is 0.108 e. The Kier molecular flexibility index (Phi) is 2.54. The zero-order chi connectivity index (χ0) is 13.5. The lowest BCUT2D eigenvalue weighted by molar-refractivity contribution is 1.30. The summed E-state index contributed by atoms with van der Waals surface area (Å²) in [5, 5.41) is 2.52. The van der Waals surface area contributed by atoms with Crippen molar-refractivity contribution >= 4 is 33.1 Å². The van der Waals surface area contributed by atoms with Crippen LogP contribution < -0.4 is 0 Å². The third kappa shape index (κ3) is 1.63. The lowest BCUT2D eigenvalue weighted by atomic mass is 10.0. The van der Waals surface area contributed by atoms with Crippen LogP contribution in [0, 0.1) is 6.92 Å². The van der Waals surface area contributed by atoms with E-state index < -0.39 is 0 Å². The summed E-state index contributed by atoms with van der Waals surface area (Å²) in [6.45, 7) is 2.11. The van der Waals surface area contributed by atoms with Gasteiger partial charge >= 0.3 is 0 Å². The summed E-state index contributed by atoms with van der Waals surface area (Å²) in [6.07, 6.45) is 3.53. The highest BCUT2D eigenvalue weighted by Gasteiger charge is 2.14. The van der Waals surface area contributed by atoms with E-state index in [2.05, 4.69) is 59.4 Å². The van der Waals surface area contributed by atoms with Crippen LogP contribution in [-0.2, 0) is 0 Å². The predicted molar refractivity (Wildman–Crippen MR) is 85.1 cm³/mol. The molecular formula is C17H12N2S. The SMILES string of the molecule is Cc1sc(-c2cccc3ccccc23)c2nccnc12. The Balaban J connectivity index is 2.12. The van der Waals surface area contributed by atoms with E-state index >= 15 is 0 Å². The van der Waals surface area contributed by atoms with Gasteiger partial charge in [0.05, 0.1) is 4.88 Å². The van der Waals surface area contributed by atoms with E-state index in [1.807, 2.05) is 0 Å². The fourth-order valence-electron chi connectivity index (χ4n) is 2.62. The molecule has 0 radical (unpaired) electrons. The molecule has 0 amide bonds. The number of benzene rings is 2. The Morgan fingerprint density at radius 3 is 2.50 bits per heavy atom. The number of rotatable bonds is 1. The highest BCUT2D eigenvalue weighted by molar-refractivity contribution is 7.17. The van der Waals surface area contributed by atoms with Gasteiger partial charge in [0, 0.05) is 22.8 Å². The summed E-state index contributed by atoms with van der Waals surface area (Å²) < 4.78 is 0. The van der Waals surface area contributed by atoms with Gasteiger partial charge in [-0.2, -0.15) is 0 Å². The first-order valence-corrected chi connectivity index (χ1v) is 7.34. The van der Waals surface area contributed by atoms with Gasteiger partial charge in [-0.1, -0.05) is 42.5 Å². The van der Waals surface area contributed by atoms with E-state index in [1.165, 1.54) is 26.1 Å². The molecule has 0 fully saturated rings. The van der Waals surface area contributed by atoms with Crippen LogP contribution in [-0.4, -0.2) is 9.97 Å². The van der Waals surface area contributed by atoms with Crippen LogP contribution in [0.25, 0.3) is 32.2 Å². The highest BCUT2D eigenvalue weighted by atomic mass is 32.1. The van der Waals surface area contributed by atoms with Gasteiger partial charge in [-0.3, -0.25) is 9.97 Å². The van der Waals surface area contributed by atoms with E-state index in [0.717, 1.165) is 11.0 Å². The minimum absolute atomic E-state index is 1.01. The number of fused-ring (bicyclic) bond motifs is 2. The highest BCUT2D eigenvalue weighted by Crippen LogP contribution is 2.39. The van der Waals surface area contributed by atoms with Crippen molar-refractivity contribution in [3.63, 3.8) is 0 Å². The first-order chi connectivity index (χ1) is 9.84. The van der Waals surface area contributed by atoms with Gasteiger partial charge in [0.25, 0.3) is 0 Å². The molecule has 4 aromatic rings. The van der Waals surface area contributed by atoms with Crippen molar-refractivity contribution in [2.45, 2.75) is 6.92 Å². The van der Waals surface area contributed by atoms with Crippen LogP contribution in [0.4, 0.5) is 0 Å². The summed E-state index contributed by atoms with van der Waals surface area (Å²) in [4.78, 5) is 11.4. The first-order valence-electron chi connectivity index (χ1n) is 6.53. The van der Waals surface area contributed by atoms with E-state index in [9.17, 15) is 0 Å². The van der Waals surface area contributed by atoms with Crippen molar-refractivity contribution in [2.75, 3.05) is 0 Å². The molecule has 0 spiro atoms. The fraction of sp³-hybridized carbons (Fsp3) is 0.0588. The molecule has 2 aromatic carbocycles. The summed E-state index contributed by atoms with van der Waals surface area (Å²) in [6, 6.07) is 14.9. The van der Waals surface area contributed by atoms with E-state index in [1.54, 1.807) is 23.7 Å². The maximum atomic E-state index is 4.53. The zero-order valence-electron chi connectivity index (χ0n) is 11.0. The molecule has 2 nitrogen and oxygen atoms in total. The fourth-order valence-corrected chi connectivity index (χ4v) is 3.70. The van der Waals surface area contributed by atoms with E-state index in [4.69, 9.17) is 0 Å². The third-order valence-electron chi connectivity index (χ3n) is 3.54. The van der Waals surface area contributed by atoms with Gasteiger partial charge in [0.2, 0.25) is 0 Å². The Hall–Kier alpha value is -2.26. The minimum atomic E-state index is 1.01. The number of aryl methyl sites for hydroxylation is 1. The molecule has 0 aliphatic carbocycles. The van der Waals surface area contributed by atoms with Gasteiger partial charge in [-0.15, -0.1) is 11.3 Å². The van der Waals surface area contributed by atoms with Gasteiger partial charge < -0.3 is 0 Å². The second-order valence-corrected chi connectivity index (χ2v) is 5.99. The first kappa shape index (κ1) is 11.6. The monoisotopic (exact) mass is 276 g/mol. The molecule has 2 heterocycles. The van der Waals surface area contributed by atoms with Crippen molar-refractivity contribution in [3.8, 4) is 10.4 Å². The Morgan fingerprint density at radius 1 is 0.850 bits per heavy atom. The van der Waals surface area contributed by atoms with Crippen molar-refractivity contribution in [1.29, 1.82) is 0 Å². The summed E-state index contributed by atoms with van der Waals surface area (Å²) in [7, 11) is 0. The lowest BCUT2D eigenvalue weighted by Gasteiger charge is -2.04. The van der Waals surface area contributed by atoms with Crippen LogP contribution in [0.3, 0.4) is 0 Å². The summed E-state index contributed by atoms with van der Waals surface area (Å²) >= 11 is 1.77.